The van der Waals surface area contributed by atoms with E-state index < -0.39 is 0 Å². The van der Waals surface area contributed by atoms with Gasteiger partial charge in [-0.2, -0.15) is 0 Å². The number of hydrogen-bond donors (Lipinski definition) is 2. The van der Waals surface area contributed by atoms with Gasteiger partial charge in [0.25, 0.3) is 5.91 Å². The Hall–Kier alpha value is -3.02. The molecule has 1 heterocycles. The minimum Gasteiger partial charge on any atom is -0.493 e. The highest BCUT2D eigenvalue weighted by molar-refractivity contribution is 5.95. The molecule has 0 saturated heterocycles. The van der Waals surface area contributed by atoms with Crippen molar-refractivity contribution in [2.45, 2.75) is 19.9 Å². The molecule has 0 fully saturated rings. The predicted octanol–water partition coefficient (Wildman–Crippen LogP) is 3.46. The number of nitrogens with one attached hydrogen (secondary N) is 2. The summed E-state index contributed by atoms with van der Waals surface area (Å²) in [4.78, 5) is 20.3. The molecular formula is C19H21N3O3. The number of nitrogens with zero attached hydrogens (tertiary/aromatic N) is 1. The van der Waals surface area contributed by atoms with Crippen LogP contribution in [0.25, 0.3) is 11.0 Å². The number of aromatic amines is 1. The molecule has 130 valence electrons. The van der Waals surface area contributed by atoms with E-state index >= 15 is 0 Å². The molecule has 6 heteroatoms. The summed E-state index contributed by atoms with van der Waals surface area (Å²) in [7, 11) is 1.57. The first-order valence-electron chi connectivity index (χ1n) is 8.18. The number of para-hydroxylation sites is 2. The average molecular weight is 339 g/mol. The molecule has 0 spiro atoms. The summed E-state index contributed by atoms with van der Waals surface area (Å²) in [5, 5.41) is 2.95. The Kier molecular flexibility index (Phi) is 4.88. The molecule has 0 aliphatic carbocycles. The van der Waals surface area contributed by atoms with Gasteiger partial charge in [-0.1, -0.05) is 12.1 Å². The fourth-order valence-corrected chi connectivity index (χ4v) is 2.61. The highest BCUT2D eigenvalue weighted by Crippen LogP contribution is 2.28. The Morgan fingerprint density at radius 2 is 2.04 bits per heavy atom. The summed E-state index contributed by atoms with van der Waals surface area (Å²) in [5.41, 5.74) is 2.33. The summed E-state index contributed by atoms with van der Waals surface area (Å²) in [6, 6.07) is 12.6. The standard InChI is InChI=1S/C19H21N3O3/c1-4-25-17-11-13(9-10-16(17)24-3)19(23)20-12(2)18-21-14-7-5-6-8-15(14)22-18/h5-12H,4H2,1-3H3,(H,20,23)(H,21,22). The van der Waals surface area contributed by atoms with E-state index in [1.807, 2.05) is 38.1 Å². The van der Waals surface area contributed by atoms with Gasteiger partial charge in [0, 0.05) is 5.56 Å². The van der Waals surface area contributed by atoms with Gasteiger partial charge in [0.15, 0.2) is 11.5 Å². The zero-order valence-electron chi connectivity index (χ0n) is 14.5. The third-order valence-corrected chi connectivity index (χ3v) is 3.89. The lowest BCUT2D eigenvalue weighted by molar-refractivity contribution is 0.0938. The predicted molar refractivity (Wildman–Crippen MR) is 96.1 cm³/mol. The molecule has 0 aliphatic rings. The van der Waals surface area contributed by atoms with Crippen molar-refractivity contribution < 1.29 is 14.3 Å². The molecule has 3 rings (SSSR count). The van der Waals surface area contributed by atoms with Gasteiger partial charge in [-0.3, -0.25) is 4.79 Å². The van der Waals surface area contributed by atoms with Crippen molar-refractivity contribution in [3.05, 3.63) is 53.9 Å². The van der Waals surface area contributed by atoms with Crippen LogP contribution in [-0.2, 0) is 0 Å². The quantitative estimate of drug-likeness (QED) is 0.721. The molecule has 2 N–H and O–H groups in total. The maximum absolute atomic E-state index is 12.6. The minimum atomic E-state index is -0.252. The number of fused-ring (bicyclic) bond motifs is 1. The number of ether oxygens (including phenoxy) is 2. The van der Waals surface area contributed by atoms with Gasteiger partial charge in [-0.25, -0.2) is 4.98 Å². The Labute approximate surface area is 146 Å². The number of imidazole rings is 1. The van der Waals surface area contributed by atoms with Crippen LogP contribution in [0.4, 0.5) is 0 Å². The van der Waals surface area contributed by atoms with Gasteiger partial charge in [0.05, 0.1) is 30.8 Å². The zero-order valence-corrected chi connectivity index (χ0v) is 14.5. The molecule has 0 aliphatic heterocycles. The van der Waals surface area contributed by atoms with Gasteiger partial charge in [-0.05, 0) is 44.2 Å². The summed E-state index contributed by atoms with van der Waals surface area (Å²) in [6.07, 6.45) is 0. The SMILES string of the molecule is CCOc1cc(C(=O)NC(C)c2nc3ccccc3[nH]2)ccc1OC. The molecule has 3 aromatic rings. The van der Waals surface area contributed by atoms with Crippen LogP contribution >= 0.6 is 0 Å². The van der Waals surface area contributed by atoms with E-state index in [0.717, 1.165) is 11.0 Å². The first-order valence-corrected chi connectivity index (χ1v) is 8.18. The highest BCUT2D eigenvalue weighted by atomic mass is 16.5. The Bertz CT molecular complexity index is 856. The van der Waals surface area contributed by atoms with Crippen LogP contribution in [0, 0.1) is 0 Å². The third kappa shape index (κ3) is 3.57. The molecule has 2 aromatic carbocycles. The van der Waals surface area contributed by atoms with Crippen LogP contribution in [0.3, 0.4) is 0 Å². The maximum atomic E-state index is 12.6. The molecule has 25 heavy (non-hydrogen) atoms. The number of rotatable bonds is 6. The molecule has 1 aromatic heterocycles. The number of H-pyrrole nitrogens is 1. The van der Waals surface area contributed by atoms with E-state index in [0.29, 0.717) is 29.5 Å². The Balaban J connectivity index is 1.77. The molecule has 1 unspecified atom stereocenters. The summed E-state index contributed by atoms with van der Waals surface area (Å²) >= 11 is 0. The second kappa shape index (κ2) is 7.25. The van der Waals surface area contributed by atoms with Gasteiger partial charge in [0.2, 0.25) is 0 Å². The van der Waals surface area contributed by atoms with Crippen molar-refractivity contribution in [3.8, 4) is 11.5 Å². The first-order chi connectivity index (χ1) is 12.1. The molecule has 0 radical (unpaired) electrons. The van der Waals surface area contributed by atoms with Gasteiger partial charge < -0.3 is 19.8 Å². The largest absolute Gasteiger partial charge is 0.493 e. The number of benzene rings is 2. The second-order valence-corrected chi connectivity index (χ2v) is 5.63. The number of hydrogen-bond acceptors (Lipinski definition) is 4. The fourth-order valence-electron chi connectivity index (χ4n) is 2.61. The van der Waals surface area contributed by atoms with Gasteiger partial charge in [-0.15, -0.1) is 0 Å². The van der Waals surface area contributed by atoms with Crippen LogP contribution in [0.5, 0.6) is 11.5 Å². The van der Waals surface area contributed by atoms with Crippen LogP contribution in [0.2, 0.25) is 0 Å². The smallest absolute Gasteiger partial charge is 0.251 e. The monoisotopic (exact) mass is 339 g/mol. The van der Waals surface area contributed by atoms with Crippen molar-refractivity contribution in [2.24, 2.45) is 0 Å². The second-order valence-electron chi connectivity index (χ2n) is 5.63. The topological polar surface area (TPSA) is 76.2 Å². The maximum Gasteiger partial charge on any atom is 0.251 e. The van der Waals surface area contributed by atoms with Crippen LogP contribution in [0.1, 0.15) is 36.1 Å². The molecule has 0 saturated carbocycles. The van der Waals surface area contributed by atoms with E-state index in [2.05, 4.69) is 15.3 Å². The lowest BCUT2D eigenvalue weighted by atomic mass is 10.1. The fraction of sp³-hybridized carbons (Fsp3) is 0.263. The first kappa shape index (κ1) is 16.8. The number of carbonyl (C=O) groups is 1. The van der Waals surface area contributed by atoms with Gasteiger partial charge in [0.1, 0.15) is 5.82 Å². The van der Waals surface area contributed by atoms with Crippen molar-refractivity contribution in [3.63, 3.8) is 0 Å². The van der Waals surface area contributed by atoms with E-state index in [4.69, 9.17) is 9.47 Å². The summed E-state index contributed by atoms with van der Waals surface area (Å²) in [6.45, 7) is 4.27. The molecule has 1 atom stereocenters. The average Bonchev–Trinajstić information content (AvgIpc) is 3.06. The molecule has 6 nitrogen and oxygen atoms in total. The molecule has 0 bridgehead atoms. The van der Waals surface area contributed by atoms with E-state index in [1.54, 1.807) is 25.3 Å². The Morgan fingerprint density at radius 3 is 2.76 bits per heavy atom. The zero-order chi connectivity index (χ0) is 17.8. The van der Waals surface area contributed by atoms with E-state index in [9.17, 15) is 4.79 Å². The minimum absolute atomic E-state index is 0.198. The van der Waals surface area contributed by atoms with Crippen LogP contribution in [0.15, 0.2) is 42.5 Å². The van der Waals surface area contributed by atoms with Crippen molar-refractivity contribution in [1.29, 1.82) is 0 Å². The lowest BCUT2D eigenvalue weighted by Crippen LogP contribution is -2.27. The highest BCUT2D eigenvalue weighted by Gasteiger charge is 2.16. The van der Waals surface area contributed by atoms with Crippen LogP contribution in [-0.4, -0.2) is 29.6 Å². The number of amides is 1. The van der Waals surface area contributed by atoms with E-state index in [-0.39, 0.29) is 11.9 Å². The van der Waals surface area contributed by atoms with Crippen LogP contribution < -0.4 is 14.8 Å². The van der Waals surface area contributed by atoms with Crippen molar-refractivity contribution in [1.82, 2.24) is 15.3 Å². The molecule has 1 amide bonds. The molecular weight excluding hydrogens is 318 g/mol. The number of carbonyl (C=O) groups excluding carboxylic acids is 1. The summed E-state index contributed by atoms with van der Waals surface area (Å²) < 4.78 is 10.8. The van der Waals surface area contributed by atoms with E-state index in [1.165, 1.54) is 0 Å². The summed E-state index contributed by atoms with van der Waals surface area (Å²) in [5.74, 6) is 1.67. The number of aromatic nitrogens is 2. The third-order valence-electron chi connectivity index (χ3n) is 3.89. The Morgan fingerprint density at radius 1 is 1.24 bits per heavy atom. The normalized spacial score (nSPS) is 12.0. The van der Waals surface area contributed by atoms with Crippen molar-refractivity contribution in [2.75, 3.05) is 13.7 Å². The lowest BCUT2D eigenvalue weighted by Gasteiger charge is -2.14. The van der Waals surface area contributed by atoms with Gasteiger partial charge >= 0.3 is 0 Å². The number of methoxy groups -OCH3 is 1. The van der Waals surface area contributed by atoms with Crippen molar-refractivity contribution >= 4 is 16.9 Å².